The first-order valence-electron chi connectivity index (χ1n) is 6.44. The number of nitrogens with zero attached hydrogens (tertiary/aromatic N) is 3. The molecular weight excluding hydrogens is 254 g/mol. The molecule has 2 N–H and O–H groups in total. The highest BCUT2D eigenvalue weighted by molar-refractivity contribution is 5.92. The topological polar surface area (TPSA) is 71.8 Å². The normalized spacial score (nSPS) is 11.3. The van der Waals surface area contributed by atoms with Crippen molar-refractivity contribution in [1.29, 1.82) is 0 Å². The molecule has 0 bridgehead atoms. The third-order valence-electron chi connectivity index (χ3n) is 2.61. The number of anilines is 1. The van der Waals surface area contributed by atoms with E-state index in [1.54, 1.807) is 11.0 Å². The van der Waals surface area contributed by atoms with Crippen LogP contribution in [0.4, 0.5) is 5.69 Å². The second-order valence-electron chi connectivity index (χ2n) is 5.54. The van der Waals surface area contributed by atoms with Crippen molar-refractivity contribution in [3.63, 3.8) is 0 Å². The quantitative estimate of drug-likeness (QED) is 0.887. The Morgan fingerprint density at radius 1 is 1.25 bits per heavy atom. The molecule has 1 amide bonds. The Morgan fingerprint density at radius 3 is 2.50 bits per heavy atom. The van der Waals surface area contributed by atoms with Gasteiger partial charge in [-0.2, -0.15) is 5.10 Å². The van der Waals surface area contributed by atoms with Crippen molar-refractivity contribution in [3.05, 3.63) is 36.9 Å². The average Bonchev–Trinajstić information content (AvgIpc) is 2.90. The predicted molar refractivity (Wildman–Crippen MR) is 77.7 cm³/mol. The zero-order valence-corrected chi connectivity index (χ0v) is 11.9. The molecule has 0 saturated heterocycles. The van der Waals surface area contributed by atoms with Gasteiger partial charge in [0.15, 0.2) is 0 Å². The summed E-state index contributed by atoms with van der Waals surface area (Å²) in [4.78, 5) is 15.7. The van der Waals surface area contributed by atoms with Gasteiger partial charge in [0, 0.05) is 11.2 Å². The molecule has 0 aliphatic rings. The molecule has 0 aliphatic heterocycles. The maximum atomic E-state index is 11.8. The van der Waals surface area contributed by atoms with Gasteiger partial charge < -0.3 is 10.6 Å². The third kappa shape index (κ3) is 4.17. The molecule has 6 nitrogen and oxygen atoms in total. The second-order valence-corrected chi connectivity index (χ2v) is 5.54. The van der Waals surface area contributed by atoms with Crippen molar-refractivity contribution in [1.82, 2.24) is 20.1 Å². The number of amides is 1. The zero-order chi connectivity index (χ0) is 14.6. The Hall–Kier alpha value is -2.21. The SMILES string of the molecule is CC(C)(C)NCC(=O)Nc1ccc(-n2cncn2)cc1. The van der Waals surface area contributed by atoms with Crippen molar-refractivity contribution in [3.8, 4) is 5.69 Å². The lowest BCUT2D eigenvalue weighted by Crippen LogP contribution is -2.41. The number of aromatic nitrogens is 3. The van der Waals surface area contributed by atoms with Crippen molar-refractivity contribution in [2.75, 3.05) is 11.9 Å². The lowest BCUT2D eigenvalue weighted by molar-refractivity contribution is -0.115. The van der Waals surface area contributed by atoms with E-state index in [0.717, 1.165) is 11.4 Å². The summed E-state index contributed by atoms with van der Waals surface area (Å²) in [5.74, 6) is -0.0616. The fourth-order valence-corrected chi connectivity index (χ4v) is 1.59. The van der Waals surface area contributed by atoms with E-state index >= 15 is 0 Å². The van der Waals surface area contributed by atoms with Crippen LogP contribution < -0.4 is 10.6 Å². The molecule has 2 rings (SSSR count). The van der Waals surface area contributed by atoms with Crippen LogP contribution in [0.15, 0.2) is 36.9 Å². The van der Waals surface area contributed by atoms with E-state index in [1.165, 1.54) is 6.33 Å². The van der Waals surface area contributed by atoms with Crippen molar-refractivity contribution in [2.45, 2.75) is 26.3 Å². The summed E-state index contributed by atoms with van der Waals surface area (Å²) < 4.78 is 1.66. The van der Waals surface area contributed by atoms with Crippen molar-refractivity contribution >= 4 is 11.6 Å². The molecule has 0 aliphatic carbocycles. The molecule has 0 atom stereocenters. The van der Waals surface area contributed by atoms with Crippen LogP contribution in [0, 0.1) is 0 Å². The van der Waals surface area contributed by atoms with Gasteiger partial charge in [-0.1, -0.05) is 0 Å². The van der Waals surface area contributed by atoms with Crippen LogP contribution in [0.25, 0.3) is 5.69 Å². The van der Waals surface area contributed by atoms with Gasteiger partial charge in [-0.3, -0.25) is 4.79 Å². The number of hydrogen-bond donors (Lipinski definition) is 2. The van der Waals surface area contributed by atoms with Gasteiger partial charge in [-0.25, -0.2) is 9.67 Å². The first-order chi connectivity index (χ1) is 9.44. The Labute approximate surface area is 118 Å². The van der Waals surface area contributed by atoms with Gasteiger partial charge >= 0.3 is 0 Å². The zero-order valence-electron chi connectivity index (χ0n) is 11.9. The molecule has 1 heterocycles. The number of rotatable bonds is 4. The third-order valence-corrected chi connectivity index (χ3v) is 2.61. The molecule has 106 valence electrons. The number of carbonyl (C=O) groups is 1. The Bertz CT molecular complexity index is 554. The largest absolute Gasteiger partial charge is 0.325 e. The first kappa shape index (κ1) is 14.2. The highest BCUT2D eigenvalue weighted by Crippen LogP contribution is 2.12. The standard InChI is InChI=1S/C14H19N5O/c1-14(2,3)16-8-13(20)18-11-4-6-12(7-5-11)19-10-15-9-17-19/h4-7,9-10,16H,8H2,1-3H3,(H,18,20). The van der Waals surface area contributed by atoms with E-state index < -0.39 is 0 Å². The van der Waals surface area contributed by atoms with E-state index in [1.807, 2.05) is 45.0 Å². The van der Waals surface area contributed by atoms with Gasteiger partial charge in [0.2, 0.25) is 5.91 Å². The van der Waals surface area contributed by atoms with Crippen LogP contribution in [0.5, 0.6) is 0 Å². The Morgan fingerprint density at radius 2 is 1.95 bits per heavy atom. The van der Waals surface area contributed by atoms with E-state index in [9.17, 15) is 4.79 Å². The highest BCUT2D eigenvalue weighted by Gasteiger charge is 2.11. The maximum Gasteiger partial charge on any atom is 0.238 e. The summed E-state index contributed by atoms with van der Waals surface area (Å²) in [6.07, 6.45) is 3.11. The van der Waals surface area contributed by atoms with Crippen molar-refractivity contribution < 1.29 is 4.79 Å². The fourth-order valence-electron chi connectivity index (χ4n) is 1.59. The van der Waals surface area contributed by atoms with Crippen molar-refractivity contribution in [2.24, 2.45) is 0 Å². The monoisotopic (exact) mass is 273 g/mol. The van der Waals surface area contributed by atoms with Crippen LogP contribution in [-0.4, -0.2) is 32.8 Å². The van der Waals surface area contributed by atoms with Gasteiger partial charge in [0.25, 0.3) is 0 Å². The van der Waals surface area contributed by atoms with Gasteiger partial charge in [-0.05, 0) is 45.0 Å². The Balaban J connectivity index is 1.92. The average molecular weight is 273 g/mol. The molecule has 1 aromatic heterocycles. The minimum atomic E-state index is -0.0751. The van der Waals surface area contributed by atoms with Crippen LogP contribution >= 0.6 is 0 Å². The summed E-state index contributed by atoms with van der Waals surface area (Å²) in [7, 11) is 0. The molecule has 0 fully saturated rings. The van der Waals surface area contributed by atoms with Gasteiger partial charge in [0.05, 0.1) is 12.2 Å². The molecule has 2 aromatic rings. The molecule has 0 saturated carbocycles. The van der Waals surface area contributed by atoms with Crippen LogP contribution in [-0.2, 0) is 4.79 Å². The van der Waals surface area contributed by atoms with Gasteiger partial charge in [-0.15, -0.1) is 0 Å². The van der Waals surface area contributed by atoms with Crippen LogP contribution in [0.2, 0.25) is 0 Å². The van der Waals surface area contributed by atoms with E-state index in [-0.39, 0.29) is 18.0 Å². The summed E-state index contributed by atoms with van der Waals surface area (Å²) in [6.45, 7) is 6.35. The van der Waals surface area contributed by atoms with E-state index in [4.69, 9.17) is 0 Å². The minimum absolute atomic E-state index is 0.0616. The molecule has 0 spiro atoms. The number of nitrogens with one attached hydrogen (secondary N) is 2. The lowest BCUT2D eigenvalue weighted by Gasteiger charge is -2.20. The number of carbonyl (C=O) groups excluding carboxylic acids is 1. The minimum Gasteiger partial charge on any atom is -0.325 e. The highest BCUT2D eigenvalue weighted by atomic mass is 16.1. The molecule has 1 aromatic carbocycles. The summed E-state index contributed by atoms with van der Waals surface area (Å²) in [6, 6.07) is 7.43. The molecule has 6 heteroatoms. The molecule has 0 unspecified atom stereocenters. The first-order valence-corrected chi connectivity index (χ1v) is 6.44. The summed E-state index contributed by atoms with van der Waals surface area (Å²) in [5, 5.41) is 10.0. The smallest absolute Gasteiger partial charge is 0.238 e. The fraction of sp³-hybridized carbons (Fsp3) is 0.357. The van der Waals surface area contributed by atoms with Gasteiger partial charge in [0.1, 0.15) is 12.7 Å². The molecular formula is C14H19N5O. The lowest BCUT2D eigenvalue weighted by atomic mass is 10.1. The number of hydrogen-bond acceptors (Lipinski definition) is 4. The summed E-state index contributed by atoms with van der Waals surface area (Å²) in [5.41, 5.74) is 1.58. The Kier molecular flexibility index (Phi) is 4.14. The molecule has 20 heavy (non-hydrogen) atoms. The summed E-state index contributed by atoms with van der Waals surface area (Å²) >= 11 is 0. The second kappa shape index (κ2) is 5.83. The van der Waals surface area contributed by atoms with E-state index in [2.05, 4.69) is 20.7 Å². The van der Waals surface area contributed by atoms with Crippen LogP contribution in [0.3, 0.4) is 0 Å². The maximum absolute atomic E-state index is 11.8. The molecule has 0 radical (unpaired) electrons. The predicted octanol–water partition coefficient (Wildman–Crippen LogP) is 1.59. The number of benzene rings is 1. The van der Waals surface area contributed by atoms with Crippen LogP contribution in [0.1, 0.15) is 20.8 Å². The van der Waals surface area contributed by atoms with E-state index in [0.29, 0.717) is 0 Å².